The highest BCUT2D eigenvalue weighted by Crippen LogP contribution is 2.21. The van der Waals surface area contributed by atoms with Gasteiger partial charge in [0.25, 0.3) is 5.91 Å². The van der Waals surface area contributed by atoms with Crippen LogP contribution in [0.2, 0.25) is 0 Å². The van der Waals surface area contributed by atoms with Crippen LogP contribution in [0.5, 0.6) is 0 Å². The molecule has 3 nitrogen and oxygen atoms in total. The summed E-state index contributed by atoms with van der Waals surface area (Å²) in [7, 11) is 0. The van der Waals surface area contributed by atoms with Gasteiger partial charge in [-0.2, -0.15) is 0 Å². The van der Waals surface area contributed by atoms with Crippen LogP contribution < -0.4 is 0 Å². The zero-order chi connectivity index (χ0) is 12.5. The van der Waals surface area contributed by atoms with E-state index in [1.807, 2.05) is 0 Å². The molecule has 1 fully saturated rings. The average Bonchev–Trinajstić information content (AvgIpc) is 2.14. The number of nitrogens with zero attached hydrogens (tertiary/aromatic N) is 2. The summed E-state index contributed by atoms with van der Waals surface area (Å²) < 4.78 is 12.7. The molecule has 0 radical (unpaired) electrons. The number of hydrogen-bond donors (Lipinski definition) is 0. The summed E-state index contributed by atoms with van der Waals surface area (Å²) in [6.45, 7) is 13.5. The molecule has 0 saturated carbocycles. The zero-order valence-electron chi connectivity index (χ0n) is 10.6. The minimum absolute atomic E-state index is 0.0846. The summed E-state index contributed by atoms with van der Waals surface area (Å²) in [6.07, 6.45) is 0. The Hall–Kier alpha value is -0.900. The molecular formula is C12H21FN2O. The Kier molecular flexibility index (Phi) is 3.73. The van der Waals surface area contributed by atoms with Gasteiger partial charge in [0.1, 0.15) is 0 Å². The highest BCUT2D eigenvalue weighted by molar-refractivity contribution is 5.90. The SMILES string of the molecule is C=C(F)C(=O)N1CCN(C(C)(C)C)[C@@H](C)C1. The molecule has 0 aromatic carbocycles. The van der Waals surface area contributed by atoms with Crippen molar-refractivity contribution in [1.82, 2.24) is 9.80 Å². The standard InChI is InChI=1S/C12H21FN2O/c1-9-8-14(11(16)10(2)13)6-7-15(9)12(3,4)5/h9H,2,6-8H2,1,3-5H3/t9-/m0/s1. The van der Waals surface area contributed by atoms with Crippen LogP contribution >= 0.6 is 0 Å². The number of halogens is 1. The molecule has 1 aliphatic heterocycles. The molecule has 1 amide bonds. The lowest BCUT2D eigenvalue weighted by atomic mass is 10.0. The molecule has 0 unspecified atom stereocenters. The molecule has 0 aromatic rings. The predicted molar refractivity (Wildman–Crippen MR) is 62.7 cm³/mol. The average molecular weight is 228 g/mol. The maximum Gasteiger partial charge on any atom is 0.282 e. The largest absolute Gasteiger partial charge is 0.334 e. The normalized spacial score (nSPS) is 23.3. The molecule has 1 saturated heterocycles. The minimum atomic E-state index is -0.864. The van der Waals surface area contributed by atoms with E-state index in [0.29, 0.717) is 13.1 Å². The second-order valence-electron chi connectivity index (χ2n) is 5.37. The van der Waals surface area contributed by atoms with Crippen molar-refractivity contribution in [3.8, 4) is 0 Å². The molecule has 0 N–H and O–H groups in total. The van der Waals surface area contributed by atoms with Crippen molar-refractivity contribution in [1.29, 1.82) is 0 Å². The summed E-state index contributed by atoms with van der Waals surface area (Å²) >= 11 is 0. The van der Waals surface area contributed by atoms with Crippen LogP contribution in [0.15, 0.2) is 12.4 Å². The molecule has 1 heterocycles. The lowest BCUT2D eigenvalue weighted by molar-refractivity contribution is -0.132. The van der Waals surface area contributed by atoms with Crippen LogP contribution in [0.4, 0.5) is 4.39 Å². The maximum absolute atomic E-state index is 12.7. The summed E-state index contributed by atoms with van der Waals surface area (Å²) in [5.41, 5.74) is 0.0846. The summed E-state index contributed by atoms with van der Waals surface area (Å²) in [5, 5.41) is 0. The first-order valence-electron chi connectivity index (χ1n) is 5.64. The Labute approximate surface area is 96.9 Å². The fourth-order valence-electron chi connectivity index (χ4n) is 2.31. The third-order valence-electron chi connectivity index (χ3n) is 3.01. The Morgan fingerprint density at radius 3 is 2.31 bits per heavy atom. The monoisotopic (exact) mass is 228 g/mol. The van der Waals surface area contributed by atoms with Gasteiger partial charge in [-0.05, 0) is 27.7 Å². The van der Waals surface area contributed by atoms with Gasteiger partial charge in [0.2, 0.25) is 0 Å². The van der Waals surface area contributed by atoms with Gasteiger partial charge < -0.3 is 4.90 Å². The van der Waals surface area contributed by atoms with Crippen LogP contribution in [-0.4, -0.2) is 46.9 Å². The van der Waals surface area contributed by atoms with Crippen LogP contribution in [0.25, 0.3) is 0 Å². The van der Waals surface area contributed by atoms with Crippen molar-refractivity contribution in [2.75, 3.05) is 19.6 Å². The van der Waals surface area contributed by atoms with Crippen molar-refractivity contribution < 1.29 is 9.18 Å². The van der Waals surface area contributed by atoms with Crippen molar-refractivity contribution in [3.63, 3.8) is 0 Å². The molecule has 4 heteroatoms. The molecule has 0 aliphatic carbocycles. The van der Waals surface area contributed by atoms with Gasteiger partial charge in [-0.3, -0.25) is 9.69 Å². The van der Waals surface area contributed by atoms with E-state index in [4.69, 9.17) is 0 Å². The Balaban J connectivity index is 2.65. The second kappa shape index (κ2) is 4.53. The lowest BCUT2D eigenvalue weighted by Crippen LogP contribution is -2.59. The fourth-order valence-corrected chi connectivity index (χ4v) is 2.31. The molecule has 0 bridgehead atoms. The van der Waals surface area contributed by atoms with E-state index in [9.17, 15) is 9.18 Å². The Morgan fingerprint density at radius 1 is 1.38 bits per heavy atom. The van der Waals surface area contributed by atoms with Crippen LogP contribution in [0.3, 0.4) is 0 Å². The number of amides is 1. The maximum atomic E-state index is 12.7. The predicted octanol–water partition coefficient (Wildman–Crippen LogP) is 1.80. The number of carbonyl (C=O) groups is 1. The Morgan fingerprint density at radius 2 is 1.94 bits per heavy atom. The first-order chi connectivity index (χ1) is 7.23. The van der Waals surface area contributed by atoms with Crippen molar-refractivity contribution >= 4 is 5.91 Å². The summed E-state index contributed by atoms with van der Waals surface area (Å²) in [5.74, 6) is -1.43. The van der Waals surface area contributed by atoms with E-state index < -0.39 is 11.7 Å². The molecule has 16 heavy (non-hydrogen) atoms. The molecule has 0 spiro atoms. The van der Waals surface area contributed by atoms with Gasteiger partial charge in [0, 0.05) is 31.2 Å². The van der Waals surface area contributed by atoms with Crippen molar-refractivity contribution in [3.05, 3.63) is 12.4 Å². The van der Waals surface area contributed by atoms with E-state index in [1.54, 1.807) is 0 Å². The quantitative estimate of drug-likeness (QED) is 0.639. The molecular weight excluding hydrogens is 207 g/mol. The minimum Gasteiger partial charge on any atom is -0.334 e. The van der Waals surface area contributed by atoms with Gasteiger partial charge in [-0.1, -0.05) is 6.58 Å². The van der Waals surface area contributed by atoms with Crippen LogP contribution in [0, 0.1) is 0 Å². The molecule has 1 aliphatic rings. The van der Waals surface area contributed by atoms with Gasteiger partial charge in [-0.25, -0.2) is 4.39 Å². The van der Waals surface area contributed by atoms with Gasteiger partial charge in [-0.15, -0.1) is 0 Å². The molecule has 0 aromatic heterocycles. The van der Waals surface area contributed by atoms with E-state index in [-0.39, 0.29) is 11.6 Å². The molecule has 92 valence electrons. The number of carbonyl (C=O) groups excluding carboxylic acids is 1. The van der Waals surface area contributed by atoms with Crippen LogP contribution in [0.1, 0.15) is 27.7 Å². The number of piperazine rings is 1. The van der Waals surface area contributed by atoms with E-state index in [0.717, 1.165) is 6.54 Å². The van der Waals surface area contributed by atoms with Gasteiger partial charge in [0.15, 0.2) is 5.83 Å². The molecule has 1 atom stereocenters. The van der Waals surface area contributed by atoms with E-state index >= 15 is 0 Å². The first-order valence-corrected chi connectivity index (χ1v) is 5.64. The van der Waals surface area contributed by atoms with Gasteiger partial charge in [0.05, 0.1) is 0 Å². The summed E-state index contributed by atoms with van der Waals surface area (Å²) in [4.78, 5) is 15.3. The van der Waals surface area contributed by atoms with Crippen LogP contribution in [-0.2, 0) is 4.79 Å². The second-order valence-corrected chi connectivity index (χ2v) is 5.37. The smallest absolute Gasteiger partial charge is 0.282 e. The highest BCUT2D eigenvalue weighted by Gasteiger charge is 2.33. The Bertz CT molecular complexity index is 296. The summed E-state index contributed by atoms with van der Waals surface area (Å²) in [6, 6.07) is 0.247. The molecule has 1 rings (SSSR count). The third kappa shape index (κ3) is 2.82. The fraction of sp³-hybridized carbons (Fsp3) is 0.750. The first kappa shape index (κ1) is 13.2. The number of rotatable bonds is 1. The number of hydrogen-bond acceptors (Lipinski definition) is 2. The third-order valence-corrected chi connectivity index (χ3v) is 3.01. The zero-order valence-corrected chi connectivity index (χ0v) is 10.6. The lowest BCUT2D eigenvalue weighted by Gasteiger charge is -2.46. The highest BCUT2D eigenvalue weighted by atomic mass is 19.1. The van der Waals surface area contributed by atoms with E-state index in [1.165, 1.54) is 4.90 Å². The van der Waals surface area contributed by atoms with Crippen molar-refractivity contribution in [2.24, 2.45) is 0 Å². The van der Waals surface area contributed by atoms with Gasteiger partial charge >= 0.3 is 0 Å². The van der Waals surface area contributed by atoms with E-state index in [2.05, 4.69) is 39.2 Å². The topological polar surface area (TPSA) is 23.6 Å². The van der Waals surface area contributed by atoms with Crippen molar-refractivity contribution in [2.45, 2.75) is 39.3 Å².